The minimum Gasteiger partial charge on any atom is -0.480 e. The van der Waals surface area contributed by atoms with Crippen molar-refractivity contribution in [3.63, 3.8) is 0 Å². The van der Waals surface area contributed by atoms with E-state index in [4.69, 9.17) is 5.11 Å². The van der Waals surface area contributed by atoms with Crippen molar-refractivity contribution in [3.8, 4) is 0 Å². The van der Waals surface area contributed by atoms with Gasteiger partial charge in [0.2, 0.25) is 0 Å². The zero-order valence-electron chi connectivity index (χ0n) is 11.3. The molecular weight excluding hydrogens is 326 g/mol. The number of nitrogens with zero attached hydrogens (tertiary/aromatic N) is 3. The van der Waals surface area contributed by atoms with E-state index in [1.165, 1.54) is 18.9 Å². The van der Waals surface area contributed by atoms with Gasteiger partial charge in [-0.3, -0.25) is 4.79 Å². The van der Waals surface area contributed by atoms with Gasteiger partial charge in [-0.1, -0.05) is 0 Å². The number of fused-ring (bicyclic) bond motifs is 1. The van der Waals surface area contributed by atoms with E-state index in [0.717, 1.165) is 9.86 Å². The molecule has 7 heteroatoms. The molecule has 0 unspecified atom stereocenters. The summed E-state index contributed by atoms with van der Waals surface area (Å²) in [6.45, 7) is 1.47. The number of aliphatic carboxylic acids is 1. The summed E-state index contributed by atoms with van der Waals surface area (Å²) >= 11 is 3.33. The second-order valence-electron chi connectivity index (χ2n) is 4.59. The van der Waals surface area contributed by atoms with Crippen molar-refractivity contribution < 1.29 is 14.7 Å². The Labute approximate surface area is 124 Å². The average molecular weight is 340 g/mol. The molecule has 1 amide bonds. The SMILES string of the molecule is C[C@H](C(=O)O)N(C)C(=O)c1cc2cc(Br)cnc2n1C. The summed E-state index contributed by atoms with van der Waals surface area (Å²) in [6, 6.07) is 2.68. The van der Waals surface area contributed by atoms with E-state index in [9.17, 15) is 9.59 Å². The Bertz CT molecular complexity index is 695. The van der Waals surface area contributed by atoms with Crippen LogP contribution in [0.15, 0.2) is 22.8 Å². The van der Waals surface area contributed by atoms with Crippen LogP contribution in [0.25, 0.3) is 11.0 Å². The highest BCUT2D eigenvalue weighted by Gasteiger charge is 2.25. The van der Waals surface area contributed by atoms with Crippen LogP contribution in [0, 0.1) is 0 Å². The normalized spacial score (nSPS) is 12.4. The van der Waals surface area contributed by atoms with Crippen molar-refractivity contribution in [3.05, 3.63) is 28.5 Å². The van der Waals surface area contributed by atoms with Gasteiger partial charge in [0.05, 0.1) is 0 Å². The quantitative estimate of drug-likeness (QED) is 0.926. The molecule has 20 heavy (non-hydrogen) atoms. The van der Waals surface area contributed by atoms with Crippen molar-refractivity contribution in [1.29, 1.82) is 0 Å². The van der Waals surface area contributed by atoms with Crippen LogP contribution in [0.5, 0.6) is 0 Å². The van der Waals surface area contributed by atoms with E-state index in [-0.39, 0.29) is 5.91 Å². The number of hydrogen-bond donors (Lipinski definition) is 1. The van der Waals surface area contributed by atoms with Gasteiger partial charge in [0.15, 0.2) is 0 Å². The Morgan fingerprint density at radius 3 is 2.70 bits per heavy atom. The molecule has 6 nitrogen and oxygen atoms in total. The van der Waals surface area contributed by atoms with Crippen molar-refractivity contribution in [1.82, 2.24) is 14.5 Å². The molecule has 0 fully saturated rings. The van der Waals surface area contributed by atoms with Gasteiger partial charge >= 0.3 is 5.97 Å². The number of likely N-dealkylation sites (N-methyl/N-ethyl adjacent to an activating group) is 1. The molecule has 0 aromatic carbocycles. The fourth-order valence-corrected chi connectivity index (χ4v) is 2.27. The maximum absolute atomic E-state index is 12.4. The van der Waals surface area contributed by atoms with E-state index in [1.54, 1.807) is 23.9 Å². The fraction of sp³-hybridized carbons (Fsp3) is 0.308. The Balaban J connectivity index is 2.45. The highest BCUT2D eigenvalue weighted by atomic mass is 79.9. The maximum atomic E-state index is 12.4. The second-order valence-corrected chi connectivity index (χ2v) is 5.50. The first-order chi connectivity index (χ1) is 9.32. The summed E-state index contributed by atoms with van der Waals surface area (Å²) < 4.78 is 2.48. The number of aromatic nitrogens is 2. The van der Waals surface area contributed by atoms with Crippen molar-refractivity contribution in [2.45, 2.75) is 13.0 Å². The number of halogens is 1. The average Bonchev–Trinajstić information content (AvgIpc) is 2.72. The summed E-state index contributed by atoms with van der Waals surface area (Å²) in [6.07, 6.45) is 1.65. The largest absolute Gasteiger partial charge is 0.480 e. The molecule has 2 aromatic rings. The first kappa shape index (κ1) is 14.5. The van der Waals surface area contributed by atoms with E-state index in [2.05, 4.69) is 20.9 Å². The van der Waals surface area contributed by atoms with E-state index in [0.29, 0.717) is 11.3 Å². The Hall–Kier alpha value is -1.89. The van der Waals surface area contributed by atoms with Crippen LogP contribution < -0.4 is 0 Å². The van der Waals surface area contributed by atoms with E-state index < -0.39 is 12.0 Å². The number of carbonyl (C=O) groups is 2. The first-order valence-electron chi connectivity index (χ1n) is 5.94. The third kappa shape index (κ3) is 2.40. The lowest BCUT2D eigenvalue weighted by atomic mass is 10.2. The minimum atomic E-state index is -1.04. The van der Waals surface area contributed by atoms with Crippen molar-refractivity contribution in [2.24, 2.45) is 7.05 Å². The van der Waals surface area contributed by atoms with Crippen LogP contribution >= 0.6 is 15.9 Å². The predicted octanol–water partition coefficient (Wildman–Crippen LogP) is 1.88. The lowest BCUT2D eigenvalue weighted by molar-refractivity contribution is -0.141. The highest BCUT2D eigenvalue weighted by molar-refractivity contribution is 9.10. The molecule has 0 aliphatic heterocycles. The minimum absolute atomic E-state index is 0.350. The standard InChI is InChI=1S/C13H14BrN3O3/c1-7(13(19)20)16(2)12(18)10-5-8-4-9(14)6-15-11(8)17(10)3/h4-7H,1-3H3,(H,19,20)/t7-/m1/s1. The van der Waals surface area contributed by atoms with Crippen LogP contribution in [0.3, 0.4) is 0 Å². The number of carbonyl (C=O) groups excluding carboxylic acids is 1. The van der Waals surface area contributed by atoms with Gasteiger partial charge in [-0.05, 0) is 35.0 Å². The number of carboxylic acid groups (broad SMARTS) is 1. The fourth-order valence-electron chi connectivity index (χ4n) is 1.92. The molecule has 1 N–H and O–H groups in total. The van der Waals surface area contributed by atoms with Gasteiger partial charge < -0.3 is 14.6 Å². The van der Waals surface area contributed by atoms with Crippen molar-refractivity contribution in [2.75, 3.05) is 7.05 Å². The van der Waals surface area contributed by atoms with Gasteiger partial charge in [0, 0.05) is 30.2 Å². The molecule has 2 heterocycles. The lowest BCUT2D eigenvalue weighted by Gasteiger charge is -2.21. The highest BCUT2D eigenvalue weighted by Crippen LogP contribution is 2.21. The summed E-state index contributed by atoms with van der Waals surface area (Å²) in [5, 5.41) is 9.80. The molecule has 0 radical (unpaired) electrons. The van der Waals surface area contributed by atoms with Gasteiger partial charge in [-0.15, -0.1) is 0 Å². The summed E-state index contributed by atoms with van der Waals surface area (Å²) in [7, 11) is 3.21. The zero-order chi connectivity index (χ0) is 15.0. The predicted molar refractivity (Wildman–Crippen MR) is 77.6 cm³/mol. The van der Waals surface area contributed by atoms with Gasteiger partial charge in [0.1, 0.15) is 17.4 Å². The van der Waals surface area contributed by atoms with Crippen LogP contribution in [0.2, 0.25) is 0 Å². The molecule has 0 bridgehead atoms. The molecule has 1 atom stereocenters. The molecule has 2 aromatic heterocycles. The van der Waals surface area contributed by atoms with E-state index in [1.807, 2.05) is 6.07 Å². The number of aryl methyl sites for hydroxylation is 1. The van der Waals surface area contributed by atoms with Gasteiger partial charge in [-0.25, -0.2) is 9.78 Å². The Morgan fingerprint density at radius 1 is 1.45 bits per heavy atom. The molecule has 0 spiro atoms. The molecule has 106 valence electrons. The maximum Gasteiger partial charge on any atom is 0.326 e. The summed E-state index contributed by atoms with van der Waals surface area (Å²) in [4.78, 5) is 28.8. The number of carboxylic acids is 1. The number of amides is 1. The van der Waals surface area contributed by atoms with Gasteiger partial charge in [0.25, 0.3) is 5.91 Å². The van der Waals surface area contributed by atoms with Crippen molar-refractivity contribution >= 4 is 38.8 Å². The summed E-state index contributed by atoms with van der Waals surface area (Å²) in [5.74, 6) is -1.39. The lowest BCUT2D eigenvalue weighted by Crippen LogP contribution is -2.40. The smallest absolute Gasteiger partial charge is 0.326 e. The van der Waals surface area contributed by atoms with Crippen LogP contribution in [0.4, 0.5) is 0 Å². The molecule has 0 saturated carbocycles. The number of pyridine rings is 1. The van der Waals surface area contributed by atoms with Gasteiger partial charge in [-0.2, -0.15) is 0 Å². The third-order valence-corrected chi connectivity index (χ3v) is 3.74. The number of hydrogen-bond acceptors (Lipinski definition) is 3. The monoisotopic (exact) mass is 339 g/mol. The molecule has 2 rings (SSSR count). The molecular formula is C13H14BrN3O3. The first-order valence-corrected chi connectivity index (χ1v) is 6.73. The zero-order valence-corrected chi connectivity index (χ0v) is 12.9. The Kier molecular flexibility index (Phi) is 3.80. The topological polar surface area (TPSA) is 75.4 Å². The second kappa shape index (κ2) is 5.24. The third-order valence-electron chi connectivity index (χ3n) is 3.31. The molecule has 0 aliphatic carbocycles. The molecule has 0 saturated heterocycles. The number of rotatable bonds is 3. The Morgan fingerprint density at radius 2 is 2.10 bits per heavy atom. The van der Waals surface area contributed by atoms with Crippen LogP contribution in [-0.4, -0.2) is 44.5 Å². The summed E-state index contributed by atoms with van der Waals surface area (Å²) in [5.41, 5.74) is 1.08. The van der Waals surface area contributed by atoms with E-state index >= 15 is 0 Å². The molecule has 0 aliphatic rings. The van der Waals surface area contributed by atoms with Crippen LogP contribution in [0.1, 0.15) is 17.4 Å². The van der Waals surface area contributed by atoms with Crippen LogP contribution in [-0.2, 0) is 11.8 Å².